The van der Waals surface area contributed by atoms with E-state index in [1.165, 1.54) is 0 Å². The van der Waals surface area contributed by atoms with Gasteiger partial charge in [-0.3, -0.25) is 4.79 Å². The van der Waals surface area contributed by atoms with Gasteiger partial charge in [-0.1, -0.05) is 6.92 Å². The number of hydrogen-bond acceptors (Lipinski definition) is 2. The van der Waals surface area contributed by atoms with Gasteiger partial charge in [-0.25, -0.2) is 0 Å². The Morgan fingerprint density at radius 1 is 1.50 bits per heavy atom. The van der Waals surface area contributed by atoms with Crippen LogP contribution in [0.15, 0.2) is 0 Å². The van der Waals surface area contributed by atoms with Gasteiger partial charge in [-0.15, -0.1) is 0 Å². The summed E-state index contributed by atoms with van der Waals surface area (Å²) in [5.74, 6) is -0.802. The molecule has 2 N–H and O–H groups in total. The van der Waals surface area contributed by atoms with E-state index in [2.05, 4.69) is 0 Å². The third-order valence-electron chi connectivity index (χ3n) is 2.35. The zero-order valence-electron chi connectivity index (χ0n) is 8.00. The number of aliphatic hydroxyl groups is 1. The maximum absolute atomic E-state index is 10.7. The first kappa shape index (κ1) is 13.1. The summed E-state index contributed by atoms with van der Waals surface area (Å²) in [5.41, 5.74) is -0.733. The quantitative estimate of drug-likeness (QED) is 0.705. The number of hydrogen-bond donors (Lipinski definition) is 2. The Morgan fingerprint density at radius 3 is 2.17 bits per heavy atom. The normalized spacial score (nSPS) is 13.3. The average molecular weight is 429 g/mol. The fourth-order valence-corrected chi connectivity index (χ4v) is 0.765. The predicted octanol–water partition coefficient (Wildman–Crippen LogP) is 1.12. The Kier molecular flexibility index (Phi) is 4.72. The van der Waals surface area contributed by atoms with Crippen LogP contribution in [0.25, 0.3) is 0 Å². The number of aliphatic carboxylic acids is 1. The molecule has 1 atom stereocenters. The summed E-state index contributed by atoms with van der Waals surface area (Å²) < 4.78 is 0. The van der Waals surface area contributed by atoms with Crippen molar-refractivity contribution in [3.05, 3.63) is 0 Å². The second-order valence-electron chi connectivity index (χ2n) is 3.44. The first-order chi connectivity index (χ1) is 4.92. The van der Waals surface area contributed by atoms with Crippen molar-refractivity contribution in [1.29, 1.82) is 0 Å². The SMILES string of the molecule is C[C@@H](CCO)C(C)(C)C(=O)O.[Sg]. The largest absolute Gasteiger partial charge is 0.481 e. The molecule has 0 aliphatic rings. The van der Waals surface area contributed by atoms with E-state index in [4.69, 9.17) is 10.2 Å². The van der Waals surface area contributed by atoms with E-state index >= 15 is 0 Å². The molecular formula is C8H16O3Sg. The fourth-order valence-electron chi connectivity index (χ4n) is 0.765. The van der Waals surface area contributed by atoms with E-state index in [-0.39, 0.29) is 12.5 Å². The Balaban J connectivity index is 0. The van der Waals surface area contributed by atoms with Gasteiger partial charge in [-0.2, -0.15) is 0 Å². The van der Waals surface area contributed by atoms with Crippen LogP contribution in [0.4, 0.5) is 0 Å². The van der Waals surface area contributed by atoms with Crippen LogP contribution in [-0.4, -0.2) is 22.8 Å². The van der Waals surface area contributed by atoms with Crippen LogP contribution in [0.1, 0.15) is 27.2 Å². The van der Waals surface area contributed by atoms with Crippen molar-refractivity contribution >= 4 is 5.97 Å². The smallest absolute Gasteiger partial charge is 0.309 e. The maximum Gasteiger partial charge on any atom is 0.309 e. The molecule has 0 heterocycles. The topological polar surface area (TPSA) is 57.5 Å². The second-order valence-corrected chi connectivity index (χ2v) is 3.44. The van der Waals surface area contributed by atoms with Crippen molar-refractivity contribution in [2.45, 2.75) is 27.2 Å². The molecule has 3 nitrogen and oxygen atoms in total. The summed E-state index contributed by atoms with van der Waals surface area (Å²) in [6.45, 7) is 5.24. The van der Waals surface area contributed by atoms with Crippen LogP contribution in [-0.2, 0) is 4.79 Å². The van der Waals surface area contributed by atoms with Gasteiger partial charge in [0.2, 0.25) is 0 Å². The summed E-state index contributed by atoms with van der Waals surface area (Å²) in [4.78, 5) is 10.7. The summed E-state index contributed by atoms with van der Waals surface area (Å²) in [7, 11) is 0. The number of aliphatic hydroxyl groups excluding tert-OH is 1. The summed E-state index contributed by atoms with van der Waals surface area (Å²) >= 11 is 0. The van der Waals surface area contributed by atoms with Crippen LogP contribution in [0.3, 0.4) is 0 Å². The Morgan fingerprint density at radius 2 is 1.92 bits per heavy atom. The van der Waals surface area contributed by atoms with Crippen molar-refractivity contribution in [2.75, 3.05) is 6.61 Å². The minimum atomic E-state index is -0.807. The van der Waals surface area contributed by atoms with Crippen LogP contribution in [0.5, 0.6) is 0 Å². The molecule has 0 rings (SSSR count). The molecule has 0 aromatic rings. The standard InChI is InChI=1S/C8H16O3.Sg/c1-6(4-5-9)8(2,3)7(10)11;/h6,9H,4-5H2,1-3H3,(H,10,11);/t6-;/m0./s1. The van der Waals surface area contributed by atoms with Crippen LogP contribution >= 0.6 is 0 Å². The molecule has 0 fully saturated rings. The first-order valence-electron chi connectivity index (χ1n) is 3.77. The van der Waals surface area contributed by atoms with Gasteiger partial charge in [0.1, 0.15) is 0 Å². The Hall–Kier alpha value is -1.57. The average Bonchev–Trinajstić information content (AvgIpc) is 1.88. The Bertz CT molecular complexity index is 145. The van der Waals surface area contributed by atoms with Crippen molar-refractivity contribution in [2.24, 2.45) is 11.3 Å². The molecule has 68 valence electrons. The monoisotopic (exact) mass is 431 g/mol. The molecule has 0 aromatic carbocycles. The first-order valence-corrected chi connectivity index (χ1v) is 3.77. The van der Waals surface area contributed by atoms with E-state index in [0.29, 0.717) is 6.42 Å². The molecule has 0 aromatic heterocycles. The molecule has 0 radical (unpaired) electrons. The van der Waals surface area contributed by atoms with E-state index in [1.54, 1.807) is 13.8 Å². The summed E-state index contributed by atoms with van der Waals surface area (Å²) in [6, 6.07) is 0. The van der Waals surface area contributed by atoms with Gasteiger partial charge < -0.3 is 10.2 Å². The van der Waals surface area contributed by atoms with Gasteiger partial charge in [0.15, 0.2) is 0 Å². The minimum absolute atomic E-state index is 0. The van der Waals surface area contributed by atoms with Crippen molar-refractivity contribution < 1.29 is 15.0 Å². The zero-order valence-corrected chi connectivity index (χ0v) is 14.5. The number of carboxylic acids is 1. The minimum Gasteiger partial charge on any atom is -0.481 e. The maximum atomic E-state index is 10.7. The van der Waals surface area contributed by atoms with Gasteiger partial charge in [-0.05, 0) is 26.2 Å². The second kappa shape index (κ2) is 4.34. The van der Waals surface area contributed by atoms with E-state index in [9.17, 15) is 4.79 Å². The summed E-state index contributed by atoms with van der Waals surface area (Å²) in [6.07, 6.45) is 0.541. The molecule has 0 bridgehead atoms. The molecule has 0 spiro atoms. The van der Waals surface area contributed by atoms with E-state index in [1.807, 2.05) is 6.92 Å². The molecule has 0 saturated heterocycles. The predicted molar refractivity (Wildman–Crippen MR) is 42.3 cm³/mol. The van der Waals surface area contributed by atoms with Crippen molar-refractivity contribution in [3.63, 3.8) is 0 Å². The van der Waals surface area contributed by atoms with Crippen LogP contribution in [0, 0.1) is 11.3 Å². The van der Waals surface area contributed by atoms with E-state index < -0.39 is 11.4 Å². The van der Waals surface area contributed by atoms with Gasteiger partial charge in [0.05, 0.1) is 5.41 Å². The van der Waals surface area contributed by atoms with Gasteiger partial charge in [0, 0.05) is 6.61 Å². The van der Waals surface area contributed by atoms with Crippen molar-refractivity contribution in [1.82, 2.24) is 0 Å². The third kappa shape index (κ3) is 2.58. The third-order valence-corrected chi connectivity index (χ3v) is 2.35. The number of carbonyl (C=O) groups is 1. The van der Waals surface area contributed by atoms with Crippen LogP contribution in [0.2, 0.25) is 0 Å². The van der Waals surface area contributed by atoms with Crippen LogP contribution < -0.4 is 0 Å². The molecule has 0 amide bonds. The molecule has 4 heteroatoms. The number of carboxylic acid groups (broad SMARTS) is 1. The molecule has 12 heavy (non-hydrogen) atoms. The zero-order chi connectivity index (χ0) is 9.07. The Labute approximate surface area is 67.0 Å². The molecule has 0 unspecified atom stereocenters. The molecular weight excluding hydrogens is 413 g/mol. The van der Waals surface area contributed by atoms with Gasteiger partial charge in [0.25, 0.3) is 0 Å². The van der Waals surface area contributed by atoms with Gasteiger partial charge >= 0.3 is 5.97 Å². The summed E-state index contributed by atoms with van der Waals surface area (Å²) in [5, 5.41) is 17.3. The fraction of sp³-hybridized carbons (Fsp3) is 0.875. The number of rotatable bonds is 4. The molecule has 0 aliphatic carbocycles. The molecule has 0 saturated carbocycles. The van der Waals surface area contributed by atoms with Crippen molar-refractivity contribution in [3.8, 4) is 0 Å². The van der Waals surface area contributed by atoms with E-state index in [0.717, 1.165) is 0 Å². The molecule has 0 aliphatic heterocycles.